The number of imide groups is 1. The number of nitrogens with one attached hydrogen (secondary N) is 1. The van der Waals surface area contributed by atoms with E-state index >= 15 is 0 Å². The van der Waals surface area contributed by atoms with Crippen molar-refractivity contribution in [3.05, 3.63) is 29.3 Å². The average Bonchev–Trinajstić information content (AvgIpc) is 2.35. The van der Waals surface area contributed by atoms with Crippen LogP contribution in [0.4, 0.5) is 10.5 Å². The average molecular weight is 300 g/mol. The first-order valence-corrected chi connectivity index (χ1v) is 6.03. The second-order valence-electron chi connectivity index (χ2n) is 4.03. The predicted molar refractivity (Wildman–Crippen MR) is 73.6 cm³/mol. The molecule has 4 N–H and O–H groups in total. The number of nitrogens with two attached hydrogens (primary N) is 1. The minimum Gasteiger partial charge on any atom is -0.480 e. The Bertz CT molecular complexity index is 518. The van der Waals surface area contributed by atoms with Gasteiger partial charge >= 0.3 is 12.0 Å². The molecule has 1 unspecified atom stereocenters. The Morgan fingerprint density at radius 1 is 1.35 bits per heavy atom. The van der Waals surface area contributed by atoms with Crippen molar-refractivity contribution in [2.24, 2.45) is 5.73 Å². The third kappa shape index (κ3) is 4.43. The van der Waals surface area contributed by atoms with Crippen molar-refractivity contribution in [1.29, 1.82) is 0 Å². The van der Waals surface area contributed by atoms with Crippen LogP contribution >= 0.6 is 11.6 Å². The molecule has 7 nitrogen and oxygen atoms in total. The monoisotopic (exact) mass is 299 g/mol. The third-order valence-electron chi connectivity index (χ3n) is 2.56. The van der Waals surface area contributed by atoms with Gasteiger partial charge in [-0.2, -0.15) is 0 Å². The van der Waals surface area contributed by atoms with Crippen molar-refractivity contribution < 1.29 is 19.5 Å². The number of hydrogen-bond acceptors (Lipinski definition) is 4. The highest BCUT2D eigenvalue weighted by Crippen LogP contribution is 2.20. The molecule has 0 heterocycles. The van der Waals surface area contributed by atoms with Crippen LogP contribution in [0.25, 0.3) is 0 Å². The fourth-order valence-corrected chi connectivity index (χ4v) is 1.72. The summed E-state index contributed by atoms with van der Waals surface area (Å²) in [5, 5.41) is 11.3. The maximum atomic E-state index is 11.7. The second kappa shape index (κ2) is 6.76. The van der Waals surface area contributed by atoms with E-state index in [9.17, 15) is 14.4 Å². The van der Waals surface area contributed by atoms with Gasteiger partial charge in [-0.1, -0.05) is 11.6 Å². The van der Waals surface area contributed by atoms with Gasteiger partial charge in [-0.25, -0.2) is 4.79 Å². The number of carbonyl (C=O) groups excluding carboxylic acids is 2. The first-order chi connectivity index (χ1) is 9.31. The number of aliphatic carboxylic acids is 1. The zero-order chi connectivity index (χ0) is 15.3. The van der Waals surface area contributed by atoms with Gasteiger partial charge in [0.05, 0.1) is 0 Å². The fourth-order valence-electron chi connectivity index (χ4n) is 1.60. The first kappa shape index (κ1) is 15.8. The summed E-state index contributed by atoms with van der Waals surface area (Å²) in [6.07, 6.45) is 0. The van der Waals surface area contributed by atoms with Crippen LogP contribution in [0.1, 0.15) is 6.92 Å². The number of nitrogens with zero attached hydrogens (tertiary/aromatic N) is 1. The quantitative estimate of drug-likeness (QED) is 0.745. The van der Waals surface area contributed by atoms with Crippen molar-refractivity contribution in [3.8, 4) is 0 Å². The van der Waals surface area contributed by atoms with Crippen LogP contribution in [0, 0.1) is 0 Å². The van der Waals surface area contributed by atoms with Gasteiger partial charge in [-0.15, -0.1) is 0 Å². The first-order valence-electron chi connectivity index (χ1n) is 5.65. The summed E-state index contributed by atoms with van der Waals surface area (Å²) in [7, 11) is 0. The summed E-state index contributed by atoms with van der Waals surface area (Å²) in [5.74, 6) is -1.80. The molecule has 1 aromatic carbocycles. The van der Waals surface area contributed by atoms with Crippen LogP contribution < -0.4 is 16.0 Å². The summed E-state index contributed by atoms with van der Waals surface area (Å²) in [6, 6.07) is 4.43. The summed E-state index contributed by atoms with van der Waals surface area (Å²) in [5.41, 5.74) is 5.36. The molecular weight excluding hydrogens is 286 g/mol. The van der Waals surface area contributed by atoms with E-state index in [-0.39, 0.29) is 0 Å². The number of rotatable bonds is 5. The second-order valence-corrected chi connectivity index (χ2v) is 4.46. The molecule has 0 aliphatic carbocycles. The van der Waals surface area contributed by atoms with Gasteiger partial charge < -0.3 is 15.7 Å². The minimum atomic E-state index is -1.11. The molecule has 1 aromatic rings. The van der Waals surface area contributed by atoms with E-state index in [0.717, 1.165) is 0 Å². The normalized spacial score (nSPS) is 11.5. The van der Waals surface area contributed by atoms with E-state index in [1.165, 1.54) is 11.8 Å². The highest BCUT2D eigenvalue weighted by atomic mass is 35.5. The number of primary amides is 1. The molecule has 3 amide bonds. The smallest absolute Gasteiger partial charge is 0.323 e. The Kier molecular flexibility index (Phi) is 5.33. The lowest BCUT2D eigenvalue weighted by atomic mass is 10.2. The molecule has 0 saturated carbocycles. The number of amides is 3. The van der Waals surface area contributed by atoms with Gasteiger partial charge in [0.1, 0.15) is 12.6 Å². The van der Waals surface area contributed by atoms with Gasteiger partial charge in [-0.3, -0.25) is 14.9 Å². The number of carbonyl (C=O) groups is 3. The van der Waals surface area contributed by atoms with Crippen molar-refractivity contribution in [2.45, 2.75) is 13.0 Å². The van der Waals surface area contributed by atoms with Crippen molar-refractivity contribution in [3.63, 3.8) is 0 Å². The van der Waals surface area contributed by atoms with Crippen molar-refractivity contribution in [2.75, 3.05) is 11.4 Å². The molecule has 0 spiro atoms. The van der Waals surface area contributed by atoms with E-state index in [2.05, 4.69) is 0 Å². The molecule has 20 heavy (non-hydrogen) atoms. The maximum Gasteiger partial charge on any atom is 0.323 e. The predicted octanol–water partition coefficient (Wildman–Crippen LogP) is 0.814. The molecule has 1 rings (SSSR count). The SMILES string of the molecule is CC(C(=O)NC(N)=O)N(CC(=O)O)c1ccc(Cl)cc1. The molecule has 0 aliphatic rings. The highest BCUT2D eigenvalue weighted by Gasteiger charge is 2.24. The Balaban J connectivity index is 2.99. The maximum absolute atomic E-state index is 11.7. The van der Waals surface area contributed by atoms with Crippen molar-refractivity contribution >= 4 is 35.2 Å². The van der Waals surface area contributed by atoms with Crippen LogP contribution in [-0.2, 0) is 9.59 Å². The van der Waals surface area contributed by atoms with Crippen LogP contribution in [0.15, 0.2) is 24.3 Å². The van der Waals surface area contributed by atoms with Crippen LogP contribution in [0.5, 0.6) is 0 Å². The number of hydrogen-bond donors (Lipinski definition) is 3. The zero-order valence-electron chi connectivity index (χ0n) is 10.7. The Morgan fingerprint density at radius 3 is 2.35 bits per heavy atom. The molecule has 1 atom stereocenters. The summed E-state index contributed by atoms with van der Waals surface area (Å²) in [6.45, 7) is 1.06. The number of carboxylic acid groups (broad SMARTS) is 1. The van der Waals surface area contributed by atoms with E-state index in [1.807, 2.05) is 5.32 Å². The molecule has 108 valence electrons. The van der Waals surface area contributed by atoms with E-state index < -0.39 is 30.5 Å². The van der Waals surface area contributed by atoms with Crippen LogP contribution in [-0.4, -0.2) is 35.6 Å². The molecule has 0 aromatic heterocycles. The number of anilines is 1. The van der Waals surface area contributed by atoms with Crippen LogP contribution in [0.3, 0.4) is 0 Å². The third-order valence-corrected chi connectivity index (χ3v) is 2.81. The van der Waals surface area contributed by atoms with Gasteiger partial charge in [-0.05, 0) is 31.2 Å². The number of urea groups is 1. The van der Waals surface area contributed by atoms with Gasteiger partial charge in [0.25, 0.3) is 0 Å². The molecule has 8 heteroatoms. The lowest BCUT2D eigenvalue weighted by Gasteiger charge is -2.28. The Labute approximate surface area is 120 Å². The topological polar surface area (TPSA) is 113 Å². The molecule has 0 bridgehead atoms. The lowest BCUT2D eigenvalue weighted by molar-refractivity contribution is -0.135. The minimum absolute atomic E-state index is 0.408. The fraction of sp³-hybridized carbons (Fsp3) is 0.250. The van der Waals surface area contributed by atoms with E-state index in [1.54, 1.807) is 24.3 Å². The van der Waals surface area contributed by atoms with Gasteiger partial charge in [0.2, 0.25) is 5.91 Å². The molecule has 0 aliphatic heterocycles. The van der Waals surface area contributed by atoms with Gasteiger partial charge in [0, 0.05) is 10.7 Å². The highest BCUT2D eigenvalue weighted by molar-refractivity contribution is 6.30. The molecular formula is C12H14ClN3O4. The number of benzene rings is 1. The Morgan fingerprint density at radius 2 is 1.90 bits per heavy atom. The summed E-state index contributed by atoms with van der Waals surface area (Å²) < 4.78 is 0. The van der Waals surface area contributed by atoms with Gasteiger partial charge in [0.15, 0.2) is 0 Å². The van der Waals surface area contributed by atoms with E-state index in [0.29, 0.717) is 10.7 Å². The lowest BCUT2D eigenvalue weighted by Crippen LogP contribution is -2.50. The number of halogens is 1. The molecule has 0 saturated heterocycles. The standard InChI is InChI=1S/C12H14ClN3O4/c1-7(11(19)15-12(14)20)16(6-10(17)18)9-4-2-8(13)3-5-9/h2-5,7H,6H2,1H3,(H,17,18)(H3,14,15,19,20). The molecule has 0 radical (unpaired) electrons. The Hall–Kier alpha value is -2.28. The van der Waals surface area contributed by atoms with E-state index in [4.69, 9.17) is 22.4 Å². The summed E-state index contributed by atoms with van der Waals surface area (Å²) in [4.78, 5) is 34.6. The van der Waals surface area contributed by atoms with Crippen LogP contribution in [0.2, 0.25) is 5.02 Å². The molecule has 0 fully saturated rings. The summed E-state index contributed by atoms with van der Waals surface area (Å²) >= 11 is 5.76. The van der Waals surface area contributed by atoms with Crippen molar-refractivity contribution in [1.82, 2.24) is 5.32 Å². The largest absolute Gasteiger partial charge is 0.480 e. The number of carboxylic acids is 1. The zero-order valence-corrected chi connectivity index (χ0v) is 11.4.